The van der Waals surface area contributed by atoms with E-state index in [4.69, 9.17) is 19.5 Å². The van der Waals surface area contributed by atoms with E-state index >= 15 is 0 Å². The first-order valence-corrected chi connectivity index (χ1v) is 17.6. The van der Waals surface area contributed by atoms with E-state index in [1.807, 2.05) is 18.0 Å². The summed E-state index contributed by atoms with van der Waals surface area (Å²) >= 11 is 0. The molecule has 296 valence electrons. The lowest BCUT2D eigenvalue weighted by Crippen LogP contribution is -2.61. The highest BCUT2D eigenvalue weighted by molar-refractivity contribution is 5.95. The minimum Gasteiger partial charge on any atom is -0.479 e. The van der Waals surface area contributed by atoms with Crippen LogP contribution >= 0.6 is 0 Å². The quantitative estimate of drug-likeness (QED) is 0.211. The predicted octanol–water partition coefficient (Wildman–Crippen LogP) is 0.766. The van der Waals surface area contributed by atoms with Crippen molar-refractivity contribution in [1.29, 1.82) is 5.26 Å². The van der Waals surface area contributed by atoms with Crippen LogP contribution in [0.15, 0.2) is 36.8 Å². The van der Waals surface area contributed by atoms with Crippen LogP contribution in [0.25, 0.3) is 11.0 Å². The van der Waals surface area contributed by atoms with Gasteiger partial charge in [0.2, 0.25) is 12.2 Å². The summed E-state index contributed by atoms with van der Waals surface area (Å²) < 4.78 is 17.7. The first-order chi connectivity index (χ1) is 26.1. The minimum absolute atomic E-state index is 0.0667. The Bertz CT molecular complexity index is 1930. The molecule has 0 spiro atoms. The Kier molecular flexibility index (Phi) is 12.8. The number of carbonyl (C=O) groups excluding carboxylic acids is 3. The molecule has 3 aromatic rings. The number of aryl methyl sites for hydroxylation is 1. The monoisotopic (exact) mass is 766 g/mol. The number of aromatic nitrogens is 3. The van der Waals surface area contributed by atoms with Gasteiger partial charge in [-0.05, 0) is 48.6 Å². The van der Waals surface area contributed by atoms with E-state index in [9.17, 15) is 39.6 Å². The molecule has 19 nitrogen and oxygen atoms in total. The zero-order valence-electron chi connectivity index (χ0n) is 31.2. The van der Waals surface area contributed by atoms with E-state index in [1.165, 1.54) is 33.8 Å². The van der Waals surface area contributed by atoms with Crippen LogP contribution in [0.3, 0.4) is 0 Å². The molecule has 2 aliphatic rings. The average Bonchev–Trinajstić information content (AvgIpc) is 3.60. The molecule has 19 heteroatoms. The zero-order valence-corrected chi connectivity index (χ0v) is 31.2. The van der Waals surface area contributed by atoms with Gasteiger partial charge in [-0.1, -0.05) is 13.0 Å². The number of carboxylic acids is 1. The molecule has 1 aromatic carbocycles. The number of anilines is 1. The Labute approximate surface area is 316 Å². The number of carbonyl (C=O) groups is 4. The number of rotatable bonds is 11. The van der Waals surface area contributed by atoms with Crippen LogP contribution < -0.4 is 9.64 Å². The smallest absolute Gasteiger partial charge is 0.409 e. The van der Waals surface area contributed by atoms with Gasteiger partial charge in [0, 0.05) is 53.5 Å². The highest BCUT2D eigenvalue weighted by Crippen LogP contribution is 2.30. The van der Waals surface area contributed by atoms with Crippen molar-refractivity contribution in [2.75, 3.05) is 52.2 Å². The second-order valence-corrected chi connectivity index (χ2v) is 13.9. The van der Waals surface area contributed by atoms with E-state index in [0.717, 1.165) is 6.42 Å². The summed E-state index contributed by atoms with van der Waals surface area (Å²) in [6.07, 6.45) is -5.77. The molecule has 0 saturated carbocycles. The third-order valence-electron chi connectivity index (χ3n) is 10.1. The summed E-state index contributed by atoms with van der Waals surface area (Å²) in [7, 11) is 5.03. The van der Waals surface area contributed by atoms with E-state index < -0.39 is 42.8 Å². The maximum absolute atomic E-state index is 13.5. The fraction of sp³-hybridized carbons (Fsp3) is 0.528. The van der Waals surface area contributed by atoms with Crippen molar-refractivity contribution in [3.63, 3.8) is 0 Å². The van der Waals surface area contributed by atoms with Crippen molar-refractivity contribution < 1.29 is 53.8 Å². The number of nitrogens with zero attached hydrogens (tertiary/aromatic N) is 8. The lowest BCUT2D eigenvalue weighted by atomic mass is 9.92. The Morgan fingerprint density at radius 2 is 1.76 bits per heavy atom. The molecule has 55 heavy (non-hydrogen) atoms. The number of carboxylic acid groups (broad SMARTS) is 1. The Balaban J connectivity index is 1.14. The van der Waals surface area contributed by atoms with Gasteiger partial charge in [-0.3, -0.25) is 9.36 Å². The van der Waals surface area contributed by atoms with Crippen molar-refractivity contribution in [3.05, 3.63) is 47.9 Å². The molecule has 0 unspecified atom stereocenters. The van der Waals surface area contributed by atoms with Crippen LogP contribution in [0.1, 0.15) is 30.9 Å². The van der Waals surface area contributed by atoms with Crippen molar-refractivity contribution >= 4 is 40.9 Å². The molecule has 0 bridgehead atoms. The number of aliphatic hydroxyl groups is 3. The van der Waals surface area contributed by atoms with Gasteiger partial charge in [-0.25, -0.2) is 24.4 Å². The van der Waals surface area contributed by atoms with Gasteiger partial charge in [-0.2, -0.15) is 5.26 Å². The predicted molar refractivity (Wildman–Crippen MR) is 193 cm³/mol. The van der Waals surface area contributed by atoms with Crippen LogP contribution in [0.2, 0.25) is 0 Å². The molecule has 5 rings (SSSR count). The van der Waals surface area contributed by atoms with Gasteiger partial charge >= 0.3 is 18.1 Å². The SMILES string of the molecule is Cc1cc(COC(=O)N(C)CCN(C)C(=O)n2ccc3c(N(C)[C@H]4CN(C(=O)CC#N)CC[C@H]4C)ncnc32)ccc1O[C@@H]1O[C@H](C(=O)O)[C@@H](O)[C@H](O)[C@H]1O. The van der Waals surface area contributed by atoms with Crippen LogP contribution in [-0.4, -0.2) is 158 Å². The average molecular weight is 767 g/mol. The standard InChI is InChI=1S/C36H46N8O11/c1-20-9-12-43(26(45)8-11-37)17-24(20)42(5)31-23-10-13-44(32(23)39-19-38-31)35(51)40(3)14-15-41(4)36(52)53-18-22-6-7-25(21(2)16-22)54-34-29(48)27(46)28(47)30(55-34)33(49)50/h6-7,10,13,16,19-20,24,27-30,34,46-48H,8-9,12,14-15,17-18H2,1-5H3,(H,49,50)/t20-,24+,27+,28+,29-,30+,34-/m1/s1. The third kappa shape index (κ3) is 8.89. The van der Waals surface area contributed by atoms with Crippen molar-refractivity contribution in [1.82, 2.24) is 29.2 Å². The summed E-state index contributed by atoms with van der Waals surface area (Å²) in [4.78, 5) is 65.6. The van der Waals surface area contributed by atoms with Crippen molar-refractivity contribution in [2.45, 2.75) is 70.0 Å². The molecular weight excluding hydrogens is 720 g/mol. The third-order valence-corrected chi connectivity index (χ3v) is 10.1. The normalized spacial score (nSPS) is 23.8. The Morgan fingerprint density at radius 3 is 2.45 bits per heavy atom. The van der Waals surface area contributed by atoms with Crippen LogP contribution in [0.4, 0.5) is 15.4 Å². The Hall–Kier alpha value is -5.55. The minimum atomic E-state index is -1.85. The summed E-state index contributed by atoms with van der Waals surface area (Å²) in [5.41, 5.74) is 1.53. The highest BCUT2D eigenvalue weighted by Gasteiger charge is 2.48. The fourth-order valence-electron chi connectivity index (χ4n) is 6.62. The summed E-state index contributed by atoms with van der Waals surface area (Å²) in [5.74, 6) is -0.673. The van der Waals surface area contributed by atoms with Gasteiger partial charge in [0.1, 0.15) is 49.2 Å². The highest BCUT2D eigenvalue weighted by atomic mass is 16.7. The number of nitriles is 1. The number of aliphatic hydroxyl groups excluding tert-OH is 3. The number of likely N-dealkylation sites (N-methyl/N-ethyl adjacent to an activating group) is 3. The van der Waals surface area contributed by atoms with E-state index in [-0.39, 0.29) is 55.8 Å². The van der Waals surface area contributed by atoms with Crippen LogP contribution in [0.5, 0.6) is 5.75 Å². The van der Waals surface area contributed by atoms with Crippen LogP contribution in [0, 0.1) is 24.2 Å². The first-order valence-electron chi connectivity index (χ1n) is 17.6. The maximum atomic E-state index is 13.5. The molecule has 4 heterocycles. The molecule has 2 saturated heterocycles. The summed E-state index contributed by atoms with van der Waals surface area (Å²) in [6.45, 7) is 5.03. The van der Waals surface area contributed by atoms with Gasteiger partial charge < -0.3 is 54.2 Å². The molecule has 0 radical (unpaired) electrons. The number of piperidine rings is 1. The number of hydrogen-bond donors (Lipinski definition) is 4. The lowest BCUT2D eigenvalue weighted by Gasteiger charge is -2.42. The number of benzene rings is 1. The van der Waals surface area contributed by atoms with Gasteiger partial charge in [-0.15, -0.1) is 0 Å². The number of likely N-dealkylation sites (tertiary alicyclic amines) is 1. The number of amides is 3. The second kappa shape index (κ2) is 17.3. The van der Waals surface area contributed by atoms with Crippen LogP contribution in [-0.2, 0) is 25.7 Å². The second-order valence-electron chi connectivity index (χ2n) is 13.9. The Morgan fingerprint density at radius 1 is 1.04 bits per heavy atom. The van der Waals surface area contributed by atoms with E-state index in [1.54, 1.807) is 43.3 Å². The van der Waals surface area contributed by atoms with Gasteiger partial charge in [0.05, 0.1) is 17.5 Å². The van der Waals surface area contributed by atoms with Crippen molar-refractivity contribution in [3.8, 4) is 11.8 Å². The topological polar surface area (TPSA) is 244 Å². The number of ether oxygens (including phenoxy) is 3. The van der Waals surface area contributed by atoms with Crippen molar-refractivity contribution in [2.24, 2.45) is 5.92 Å². The lowest BCUT2D eigenvalue weighted by molar-refractivity contribution is -0.271. The molecule has 0 aliphatic carbocycles. The molecule has 2 aliphatic heterocycles. The molecule has 3 amide bonds. The zero-order chi connectivity index (χ0) is 40.1. The number of aliphatic carboxylic acids is 1. The molecule has 2 fully saturated rings. The molecule has 2 aromatic heterocycles. The number of fused-ring (bicyclic) bond motifs is 1. The number of hydrogen-bond acceptors (Lipinski definition) is 14. The first kappa shape index (κ1) is 40.6. The van der Waals surface area contributed by atoms with E-state index in [0.29, 0.717) is 41.1 Å². The summed E-state index contributed by atoms with van der Waals surface area (Å²) in [5, 5.41) is 49.1. The van der Waals surface area contributed by atoms with E-state index in [2.05, 4.69) is 16.9 Å². The fourth-order valence-corrected chi connectivity index (χ4v) is 6.62. The van der Waals surface area contributed by atoms with Gasteiger partial charge in [0.25, 0.3) is 0 Å². The van der Waals surface area contributed by atoms with Gasteiger partial charge in [0.15, 0.2) is 11.8 Å². The maximum Gasteiger partial charge on any atom is 0.409 e. The summed E-state index contributed by atoms with van der Waals surface area (Å²) in [6, 6.07) is 8.00. The largest absolute Gasteiger partial charge is 0.479 e. The molecule has 4 N–H and O–H groups in total. The molecule has 7 atom stereocenters. The molecular formula is C36H46N8O11.